The Morgan fingerprint density at radius 1 is 1.60 bits per heavy atom. The van der Waals surface area contributed by atoms with E-state index < -0.39 is 0 Å². The lowest BCUT2D eigenvalue weighted by Crippen LogP contribution is -2.15. The van der Waals surface area contributed by atoms with Crippen LogP contribution in [0.5, 0.6) is 0 Å². The van der Waals surface area contributed by atoms with Crippen molar-refractivity contribution in [3.8, 4) is 0 Å². The maximum absolute atomic E-state index is 11.9. The van der Waals surface area contributed by atoms with Crippen molar-refractivity contribution in [2.75, 3.05) is 11.9 Å². The van der Waals surface area contributed by atoms with Crippen molar-refractivity contribution in [1.82, 2.24) is 9.78 Å². The Hall–Kier alpha value is -1.66. The number of nitrogens with zero attached hydrogens (tertiary/aromatic N) is 2. The first-order chi connectivity index (χ1) is 9.79. The molecule has 20 heavy (non-hydrogen) atoms. The molecule has 1 aliphatic heterocycles. The Morgan fingerprint density at radius 2 is 2.55 bits per heavy atom. The summed E-state index contributed by atoms with van der Waals surface area (Å²) in [5.41, 5.74) is 1.78. The van der Waals surface area contributed by atoms with Crippen molar-refractivity contribution in [3.63, 3.8) is 0 Å². The summed E-state index contributed by atoms with van der Waals surface area (Å²) in [5.74, 6) is -0.0138. The Bertz CT molecular complexity index is 559. The van der Waals surface area contributed by atoms with E-state index in [1.807, 2.05) is 27.7 Å². The zero-order valence-corrected chi connectivity index (χ0v) is 11.9. The fourth-order valence-electron chi connectivity index (χ4n) is 2.31. The van der Waals surface area contributed by atoms with Crippen LogP contribution in [0.25, 0.3) is 0 Å². The monoisotopic (exact) mass is 291 g/mol. The van der Waals surface area contributed by atoms with Gasteiger partial charge in [0.05, 0.1) is 31.0 Å². The van der Waals surface area contributed by atoms with E-state index in [0.29, 0.717) is 6.42 Å². The molecule has 2 aromatic heterocycles. The topological polar surface area (TPSA) is 56.2 Å². The first-order valence-corrected chi connectivity index (χ1v) is 7.69. The lowest BCUT2D eigenvalue weighted by molar-refractivity contribution is -0.115. The van der Waals surface area contributed by atoms with E-state index in [1.54, 1.807) is 17.5 Å². The molecule has 1 unspecified atom stereocenters. The van der Waals surface area contributed by atoms with Crippen molar-refractivity contribution >= 4 is 22.9 Å². The van der Waals surface area contributed by atoms with Crippen LogP contribution in [-0.4, -0.2) is 28.4 Å². The number of rotatable bonds is 5. The van der Waals surface area contributed by atoms with Gasteiger partial charge in [-0.05, 0) is 35.2 Å². The maximum atomic E-state index is 11.9. The lowest BCUT2D eigenvalue weighted by atomic mass is 10.2. The first kappa shape index (κ1) is 13.3. The summed E-state index contributed by atoms with van der Waals surface area (Å²) in [7, 11) is 0. The Balaban J connectivity index is 1.52. The smallest absolute Gasteiger partial charge is 0.228 e. The van der Waals surface area contributed by atoms with Crippen LogP contribution in [0.15, 0.2) is 29.2 Å². The van der Waals surface area contributed by atoms with Gasteiger partial charge in [-0.3, -0.25) is 9.48 Å². The van der Waals surface area contributed by atoms with Gasteiger partial charge in [0.2, 0.25) is 5.91 Å². The van der Waals surface area contributed by atoms with E-state index in [1.165, 1.54) is 0 Å². The SMILES string of the molecule is O=C(Cc1ccsc1)Nc1cnn(CC2CCCO2)c1. The van der Waals surface area contributed by atoms with Gasteiger partial charge in [0.25, 0.3) is 0 Å². The number of hydrogen-bond acceptors (Lipinski definition) is 4. The summed E-state index contributed by atoms with van der Waals surface area (Å²) in [5, 5.41) is 11.1. The first-order valence-electron chi connectivity index (χ1n) is 6.74. The predicted molar refractivity (Wildman–Crippen MR) is 77.9 cm³/mol. The third-order valence-electron chi connectivity index (χ3n) is 3.28. The second kappa shape index (κ2) is 6.19. The van der Waals surface area contributed by atoms with E-state index in [2.05, 4.69) is 10.4 Å². The van der Waals surface area contributed by atoms with Crippen LogP contribution in [0.3, 0.4) is 0 Å². The standard InChI is InChI=1S/C14H17N3O2S/c18-14(6-11-3-5-20-10-11)16-12-7-15-17(8-12)9-13-2-1-4-19-13/h3,5,7-8,10,13H,1-2,4,6,9H2,(H,16,18). The third kappa shape index (κ3) is 3.46. The molecule has 0 aromatic carbocycles. The molecule has 106 valence electrons. The number of ether oxygens (including phenoxy) is 1. The van der Waals surface area contributed by atoms with Gasteiger partial charge < -0.3 is 10.1 Å². The van der Waals surface area contributed by atoms with E-state index in [4.69, 9.17) is 4.74 Å². The fraction of sp³-hybridized carbons (Fsp3) is 0.429. The minimum Gasteiger partial charge on any atom is -0.376 e. The average molecular weight is 291 g/mol. The number of amides is 1. The van der Waals surface area contributed by atoms with Crippen LogP contribution < -0.4 is 5.32 Å². The summed E-state index contributed by atoms with van der Waals surface area (Å²) in [6, 6.07) is 1.96. The van der Waals surface area contributed by atoms with E-state index in [0.717, 1.165) is 37.2 Å². The number of anilines is 1. The molecule has 3 rings (SSSR count). The maximum Gasteiger partial charge on any atom is 0.228 e. The van der Waals surface area contributed by atoms with Gasteiger partial charge in [0.1, 0.15) is 0 Å². The van der Waals surface area contributed by atoms with Crippen LogP contribution >= 0.6 is 11.3 Å². The Kier molecular flexibility index (Phi) is 4.13. The normalized spacial score (nSPS) is 18.3. The van der Waals surface area contributed by atoms with Crippen LogP contribution in [-0.2, 0) is 22.5 Å². The number of thiophene rings is 1. The molecule has 5 nitrogen and oxygen atoms in total. The van der Waals surface area contributed by atoms with Gasteiger partial charge in [0, 0.05) is 12.8 Å². The molecular formula is C14H17N3O2S. The molecule has 2 aromatic rings. The zero-order chi connectivity index (χ0) is 13.8. The minimum absolute atomic E-state index is 0.0138. The number of carbonyl (C=O) groups is 1. The van der Waals surface area contributed by atoms with Crippen LogP contribution in [0.4, 0.5) is 5.69 Å². The highest BCUT2D eigenvalue weighted by molar-refractivity contribution is 7.08. The van der Waals surface area contributed by atoms with Crippen LogP contribution in [0.2, 0.25) is 0 Å². The highest BCUT2D eigenvalue weighted by Crippen LogP contribution is 2.15. The quantitative estimate of drug-likeness (QED) is 0.919. The molecule has 3 heterocycles. The van der Waals surface area contributed by atoms with Gasteiger partial charge in [-0.1, -0.05) is 0 Å². The molecule has 0 radical (unpaired) electrons. The van der Waals surface area contributed by atoms with Crippen molar-refractivity contribution in [2.24, 2.45) is 0 Å². The Morgan fingerprint density at radius 3 is 3.30 bits per heavy atom. The molecule has 0 saturated carbocycles. The van der Waals surface area contributed by atoms with Gasteiger partial charge in [-0.2, -0.15) is 16.4 Å². The molecule has 6 heteroatoms. The summed E-state index contributed by atoms with van der Waals surface area (Å²) >= 11 is 1.60. The number of nitrogens with one attached hydrogen (secondary N) is 1. The van der Waals surface area contributed by atoms with Crippen molar-refractivity contribution in [3.05, 3.63) is 34.8 Å². The molecule has 1 atom stereocenters. The number of hydrogen-bond donors (Lipinski definition) is 1. The summed E-state index contributed by atoms with van der Waals surface area (Å²) in [6.07, 6.45) is 6.40. The second-order valence-electron chi connectivity index (χ2n) is 4.94. The number of carbonyl (C=O) groups excluding carboxylic acids is 1. The molecule has 1 N–H and O–H groups in total. The van der Waals surface area contributed by atoms with Crippen LogP contribution in [0.1, 0.15) is 18.4 Å². The largest absolute Gasteiger partial charge is 0.376 e. The lowest BCUT2D eigenvalue weighted by Gasteiger charge is -2.08. The predicted octanol–water partition coefficient (Wildman–Crippen LogP) is 2.30. The average Bonchev–Trinajstić information content (AvgIpc) is 3.12. The van der Waals surface area contributed by atoms with Gasteiger partial charge >= 0.3 is 0 Å². The van der Waals surface area contributed by atoms with Crippen molar-refractivity contribution < 1.29 is 9.53 Å². The van der Waals surface area contributed by atoms with Gasteiger partial charge in [-0.25, -0.2) is 0 Å². The van der Waals surface area contributed by atoms with E-state index in [9.17, 15) is 4.79 Å². The Labute approximate surface area is 121 Å². The van der Waals surface area contributed by atoms with Crippen molar-refractivity contribution in [2.45, 2.75) is 31.9 Å². The van der Waals surface area contributed by atoms with E-state index >= 15 is 0 Å². The molecular weight excluding hydrogens is 274 g/mol. The second-order valence-corrected chi connectivity index (χ2v) is 5.72. The fourth-order valence-corrected chi connectivity index (χ4v) is 2.98. The van der Waals surface area contributed by atoms with Gasteiger partial charge in [0.15, 0.2) is 0 Å². The summed E-state index contributed by atoms with van der Waals surface area (Å²) in [6.45, 7) is 1.59. The molecule has 1 aliphatic rings. The third-order valence-corrected chi connectivity index (χ3v) is 4.01. The summed E-state index contributed by atoms with van der Waals surface area (Å²) in [4.78, 5) is 11.9. The molecule has 1 fully saturated rings. The molecule has 0 spiro atoms. The zero-order valence-electron chi connectivity index (χ0n) is 11.1. The molecule has 0 bridgehead atoms. The summed E-state index contributed by atoms with van der Waals surface area (Å²) < 4.78 is 7.40. The minimum atomic E-state index is -0.0138. The van der Waals surface area contributed by atoms with E-state index in [-0.39, 0.29) is 12.0 Å². The highest BCUT2D eigenvalue weighted by Gasteiger charge is 2.16. The van der Waals surface area contributed by atoms with Gasteiger partial charge in [-0.15, -0.1) is 0 Å². The van der Waals surface area contributed by atoms with Crippen LogP contribution in [0, 0.1) is 0 Å². The van der Waals surface area contributed by atoms with Crippen molar-refractivity contribution in [1.29, 1.82) is 0 Å². The number of aromatic nitrogens is 2. The molecule has 1 saturated heterocycles. The molecule has 0 aliphatic carbocycles. The molecule has 1 amide bonds. The highest BCUT2D eigenvalue weighted by atomic mass is 32.1.